The van der Waals surface area contributed by atoms with Crippen molar-refractivity contribution >= 4 is 5.78 Å². The van der Waals surface area contributed by atoms with E-state index in [-0.39, 0.29) is 6.10 Å². The van der Waals surface area contributed by atoms with E-state index in [0.29, 0.717) is 35.9 Å². The molecule has 0 spiro atoms. The summed E-state index contributed by atoms with van der Waals surface area (Å²) in [7, 11) is 0. The Morgan fingerprint density at radius 1 is 1.00 bits per heavy atom. The number of aliphatic hydroxyl groups excluding tert-OH is 1. The van der Waals surface area contributed by atoms with Gasteiger partial charge in [0.2, 0.25) is 0 Å². The molecule has 1 N–H and O–H groups in total. The van der Waals surface area contributed by atoms with Gasteiger partial charge in [0.15, 0.2) is 0 Å². The van der Waals surface area contributed by atoms with E-state index in [1.54, 1.807) is 0 Å². The summed E-state index contributed by atoms with van der Waals surface area (Å²) in [5, 5.41) is 11.0. The van der Waals surface area contributed by atoms with Crippen LogP contribution in [0.25, 0.3) is 0 Å². The van der Waals surface area contributed by atoms with Crippen LogP contribution >= 0.6 is 0 Å². The lowest BCUT2D eigenvalue weighted by molar-refractivity contribution is -0.119. The van der Waals surface area contributed by atoms with E-state index in [9.17, 15) is 9.90 Å². The molecule has 0 heterocycles. The maximum absolute atomic E-state index is 11.7. The number of Topliss-reactive ketones (excluding diaryl/α,β-unsaturated/α-hetero) is 1. The van der Waals surface area contributed by atoms with Crippen molar-refractivity contribution in [3.63, 3.8) is 0 Å². The molecule has 0 aromatic heterocycles. The third-order valence-corrected chi connectivity index (χ3v) is 8.18. The van der Waals surface area contributed by atoms with Gasteiger partial charge in [-0.3, -0.25) is 4.79 Å². The SMILES string of the molecule is CC.CCC(=O)CCC(C)CC(CC)[C@@H](CC)C1CC2CCC(C)CC2CC1O. The van der Waals surface area contributed by atoms with Crippen molar-refractivity contribution in [1.29, 1.82) is 0 Å². The topological polar surface area (TPSA) is 37.3 Å². The van der Waals surface area contributed by atoms with Gasteiger partial charge in [0.25, 0.3) is 0 Å². The van der Waals surface area contributed by atoms with Crippen molar-refractivity contribution in [1.82, 2.24) is 0 Å². The molecule has 0 aromatic carbocycles. The predicted molar refractivity (Wildman–Crippen MR) is 126 cm³/mol. The largest absolute Gasteiger partial charge is 0.393 e. The van der Waals surface area contributed by atoms with E-state index in [1.807, 2.05) is 20.8 Å². The molecule has 2 heteroatoms. The van der Waals surface area contributed by atoms with Crippen molar-refractivity contribution < 1.29 is 9.90 Å². The molecular weight excluding hydrogens is 356 g/mol. The average Bonchev–Trinajstić information content (AvgIpc) is 2.73. The molecule has 7 unspecified atom stereocenters. The van der Waals surface area contributed by atoms with E-state index in [2.05, 4.69) is 27.7 Å². The van der Waals surface area contributed by atoms with Crippen LogP contribution in [0.15, 0.2) is 0 Å². The molecule has 2 aliphatic rings. The second-order valence-electron chi connectivity index (χ2n) is 10.2. The molecule has 0 radical (unpaired) electrons. The fourth-order valence-corrected chi connectivity index (χ4v) is 6.46. The van der Waals surface area contributed by atoms with Crippen molar-refractivity contribution in [3.05, 3.63) is 0 Å². The number of carbonyl (C=O) groups is 1. The minimum absolute atomic E-state index is 0.0903. The van der Waals surface area contributed by atoms with Crippen LogP contribution in [0.5, 0.6) is 0 Å². The number of carbonyl (C=O) groups excluding carboxylic acids is 1. The van der Waals surface area contributed by atoms with Crippen molar-refractivity contribution in [2.24, 2.45) is 41.4 Å². The molecule has 0 saturated heterocycles. The Hall–Kier alpha value is -0.370. The number of rotatable bonds is 10. The molecule has 0 aromatic rings. The Labute approximate surface area is 182 Å². The van der Waals surface area contributed by atoms with Gasteiger partial charge in [0.1, 0.15) is 5.78 Å². The van der Waals surface area contributed by atoms with Crippen LogP contribution < -0.4 is 0 Å². The first-order valence-corrected chi connectivity index (χ1v) is 13.1. The van der Waals surface area contributed by atoms with Gasteiger partial charge in [-0.2, -0.15) is 0 Å². The zero-order chi connectivity index (χ0) is 22.0. The molecule has 0 aliphatic heterocycles. The molecule has 2 aliphatic carbocycles. The Balaban J connectivity index is 0.00000204. The summed E-state index contributed by atoms with van der Waals surface area (Å²) in [4.78, 5) is 11.7. The van der Waals surface area contributed by atoms with Gasteiger partial charge in [-0.1, -0.05) is 67.7 Å². The standard InChI is InChI=1S/C25H46O2.C2H6/c1-6-19(13-18(5)10-12-22(26)7-2)23(8-3)24-15-20-11-9-17(4)14-21(20)16-25(24)27;1-2/h17-21,23-25,27H,6-16H2,1-5H3;1-2H3/t17?,18?,19?,20?,21?,23-,24?,25?;/m1./s1. The highest BCUT2D eigenvalue weighted by Crippen LogP contribution is 2.49. The normalized spacial score (nSPS) is 32.3. The number of aliphatic hydroxyl groups is 1. The van der Waals surface area contributed by atoms with E-state index in [0.717, 1.165) is 37.0 Å². The zero-order valence-corrected chi connectivity index (χ0v) is 20.8. The zero-order valence-electron chi connectivity index (χ0n) is 20.8. The highest BCUT2D eigenvalue weighted by atomic mass is 16.3. The van der Waals surface area contributed by atoms with Gasteiger partial charge < -0.3 is 5.11 Å². The minimum Gasteiger partial charge on any atom is -0.393 e. The van der Waals surface area contributed by atoms with Gasteiger partial charge in [-0.15, -0.1) is 0 Å². The molecule has 0 bridgehead atoms. The maximum Gasteiger partial charge on any atom is 0.132 e. The summed E-state index contributed by atoms with van der Waals surface area (Å²) in [5.74, 6) is 5.35. The van der Waals surface area contributed by atoms with Crippen LogP contribution in [-0.2, 0) is 4.79 Å². The third kappa shape index (κ3) is 8.00. The van der Waals surface area contributed by atoms with Crippen LogP contribution in [0.1, 0.15) is 119 Å². The van der Waals surface area contributed by atoms with E-state index in [4.69, 9.17) is 0 Å². The predicted octanol–water partition coefficient (Wildman–Crippen LogP) is 7.67. The molecule has 8 atom stereocenters. The molecule has 29 heavy (non-hydrogen) atoms. The average molecular weight is 409 g/mol. The van der Waals surface area contributed by atoms with Crippen molar-refractivity contribution in [2.75, 3.05) is 0 Å². The highest BCUT2D eigenvalue weighted by molar-refractivity contribution is 5.77. The van der Waals surface area contributed by atoms with Gasteiger partial charge in [0, 0.05) is 12.8 Å². The number of fused-ring (bicyclic) bond motifs is 1. The van der Waals surface area contributed by atoms with Crippen molar-refractivity contribution in [3.8, 4) is 0 Å². The molecule has 0 amide bonds. The quantitative estimate of drug-likeness (QED) is 0.402. The van der Waals surface area contributed by atoms with Crippen LogP contribution in [0, 0.1) is 41.4 Å². The highest BCUT2D eigenvalue weighted by Gasteiger charge is 2.42. The third-order valence-electron chi connectivity index (χ3n) is 8.18. The lowest BCUT2D eigenvalue weighted by Gasteiger charge is -2.47. The van der Waals surface area contributed by atoms with Crippen LogP contribution in [-0.4, -0.2) is 17.0 Å². The monoisotopic (exact) mass is 408 g/mol. The maximum atomic E-state index is 11.7. The van der Waals surface area contributed by atoms with Gasteiger partial charge in [-0.25, -0.2) is 0 Å². The van der Waals surface area contributed by atoms with Crippen LogP contribution in [0.3, 0.4) is 0 Å². The first-order chi connectivity index (χ1) is 13.9. The summed E-state index contributed by atoms with van der Waals surface area (Å²) >= 11 is 0. The van der Waals surface area contributed by atoms with Crippen molar-refractivity contribution in [2.45, 2.75) is 125 Å². The summed E-state index contributed by atoms with van der Waals surface area (Å²) < 4.78 is 0. The van der Waals surface area contributed by atoms with Gasteiger partial charge >= 0.3 is 0 Å². The summed E-state index contributed by atoms with van der Waals surface area (Å²) in [6.45, 7) is 15.4. The smallest absolute Gasteiger partial charge is 0.132 e. The fraction of sp³-hybridized carbons (Fsp3) is 0.963. The Morgan fingerprint density at radius 2 is 1.69 bits per heavy atom. The minimum atomic E-state index is -0.0903. The number of ketones is 1. The Morgan fingerprint density at radius 3 is 2.28 bits per heavy atom. The van der Waals surface area contributed by atoms with E-state index < -0.39 is 0 Å². The molecule has 2 nitrogen and oxygen atoms in total. The second-order valence-corrected chi connectivity index (χ2v) is 10.2. The summed E-state index contributed by atoms with van der Waals surface area (Å²) in [6, 6.07) is 0. The molecule has 2 saturated carbocycles. The van der Waals surface area contributed by atoms with Gasteiger partial charge in [0.05, 0.1) is 6.10 Å². The van der Waals surface area contributed by atoms with Crippen LogP contribution in [0.2, 0.25) is 0 Å². The van der Waals surface area contributed by atoms with Gasteiger partial charge in [-0.05, 0) is 80.0 Å². The Bertz CT molecular complexity index is 446. The Kier molecular flexibility index (Phi) is 12.7. The summed E-state index contributed by atoms with van der Waals surface area (Å²) in [5.41, 5.74) is 0. The van der Waals surface area contributed by atoms with Crippen LogP contribution in [0.4, 0.5) is 0 Å². The lowest BCUT2D eigenvalue weighted by Crippen LogP contribution is -2.43. The number of hydrogen-bond acceptors (Lipinski definition) is 2. The lowest BCUT2D eigenvalue weighted by atomic mass is 9.59. The fourth-order valence-electron chi connectivity index (χ4n) is 6.46. The van der Waals surface area contributed by atoms with E-state index in [1.165, 1.54) is 44.9 Å². The summed E-state index contributed by atoms with van der Waals surface area (Å²) in [6.07, 6.45) is 12.4. The molecule has 172 valence electrons. The first kappa shape index (κ1) is 26.7. The number of hydrogen-bond donors (Lipinski definition) is 1. The second kappa shape index (κ2) is 13.8. The molecular formula is C27H52O2. The molecule has 2 rings (SSSR count). The van der Waals surface area contributed by atoms with E-state index >= 15 is 0 Å². The first-order valence-electron chi connectivity index (χ1n) is 13.1. The molecule has 2 fully saturated rings.